The number of nitrogens with zero attached hydrogens (tertiary/aromatic N) is 3. The van der Waals surface area contributed by atoms with Crippen LogP contribution in [0.1, 0.15) is 82.3 Å². The van der Waals surface area contributed by atoms with Gasteiger partial charge in [-0.3, -0.25) is 9.97 Å². The molecule has 0 saturated carbocycles. The Hall–Kier alpha value is -4.32. The van der Waals surface area contributed by atoms with Crippen LogP contribution < -0.4 is 5.32 Å². The van der Waals surface area contributed by atoms with Crippen LogP contribution in [-0.2, 0) is 14.3 Å². The van der Waals surface area contributed by atoms with Crippen molar-refractivity contribution in [3.8, 4) is 0 Å². The average molecular weight is 766 g/mol. The Kier molecular flexibility index (Phi) is 11.7. The first-order valence-electron chi connectivity index (χ1n) is 18.5. The second-order valence-corrected chi connectivity index (χ2v) is 15.3. The fourth-order valence-corrected chi connectivity index (χ4v) is 9.01. The van der Waals surface area contributed by atoms with Gasteiger partial charge in [0.15, 0.2) is 0 Å². The molecular weight excluding hydrogens is 722 g/mol. The lowest BCUT2D eigenvalue weighted by molar-refractivity contribution is -0.133. The molecule has 2 aliphatic heterocycles. The normalized spacial score (nSPS) is 19.9. The van der Waals surface area contributed by atoms with Crippen LogP contribution in [0, 0.1) is 11.8 Å². The maximum atomic E-state index is 12.5. The Morgan fingerprint density at radius 2 is 1.30 bits per heavy atom. The van der Waals surface area contributed by atoms with Crippen molar-refractivity contribution in [1.82, 2.24) is 20.1 Å². The number of carboxylic acid groups (broad SMARTS) is 1. The van der Waals surface area contributed by atoms with Gasteiger partial charge in [-0.2, -0.15) is 0 Å². The van der Waals surface area contributed by atoms with Gasteiger partial charge in [0.25, 0.3) is 0 Å². The maximum Gasteiger partial charge on any atom is 0.376 e. The molecule has 2 aromatic heterocycles. The van der Waals surface area contributed by atoms with Gasteiger partial charge < -0.3 is 25.0 Å². The van der Waals surface area contributed by atoms with E-state index in [4.69, 9.17) is 32.9 Å². The molecule has 278 valence electrons. The molecule has 12 heteroatoms. The summed E-state index contributed by atoms with van der Waals surface area (Å²) in [7, 11) is 0.957. The zero-order valence-electron chi connectivity index (χ0n) is 30.3. The Bertz CT molecular complexity index is 2110. The number of aromatic nitrogens is 2. The first-order valence-corrected chi connectivity index (χ1v) is 19.3. The van der Waals surface area contributed by atoms with Crippen LogP contribution in [0.5, 0.6) is 0 Å². The number of aliphatic carboxylic acids is 1. The van der Waals surface area contributed by atoms with Crippen molar-refractivity contribution in [3.63, 3.8) is 0 Å². The SMILES string of the molecule is CB(O)N1CCC(C2c3ccc(Cl)cc3C(C(=O)O)=Cc3cccnc32)CC1.COC(=O)C1=Cc2cccnc2C(C2CCNCC2)c2ccc(Cl)cc21. The number of nitrogens with one attached hydrogen (secondary N) is 1. The van der Waals surface area contributed by atoms with Gasteiger partial charge in [-0.15, -0.1) is 0 Å². The molecule has 4 aromatic rings. The molecule has 0 spiro atoms. The molecule has 0 bridgehead atoms. The molecule has 2 aliphatic carbocycles. The molecule has 54 heavy (non-hydrogen) atoms. The molecule has 3 N–H and O–H groups in total. The van der Waals surface area contributed by atoms with Crippen LogP contribution in [0.25, 0.3) is 23.3 Å². The van der Waals surface area contributed by atoms with Gasteiger partial charge in [-0.05, 0) is 152 Å². The third kappa shape index (κ3) is 7.77. The van der Waals surface area contributed by atoms with E-state index in [1.54, 1.807) is 25.2 Å². The van der Waals surface area contributed by atoms with Crippen molar-refractivity contribution in [1.29, 1.82) is 0 Å². The van der Waals surface area contributed by atoms with Crippen LogP contribution in [0.4, 0.5) is 0 Å². The number of carbonyl (C=O) groups excluding carboxylic acids is 1. The van der Waals surface area contributed by atoms with E-state index in [-0.39, 0.29) is 23.4 Å². The lowest BCUT2D eigenvalue weighted by atomic mass is 9.73. The van der Waals surface area contributed by atoms with E-state index < -0.39 is 13.0 Å². The highest BCUT2D eigenvalue weighted by Gasteiger charge is 2.37. The number of esters is 1. The molecule has 4 aliphatic rings. The van der Waals surface area contributed by atoms with E-state index in [1.807, 2.05) is 66.9 Å². The quantitative estimate of drug-likeness (QED) is 0.140. The molecule has 8 rings (SSSR count). The molecule has 0 radical (unpaired) electrons. The number of halogens is 2. The van der Waals surface area contributed by atoms with E-state index in [2.05, 4.69) is 15.1 Å². The van der Waals surface area contributed by atoms with Gasteiger partial charge >= 0.3 is 19.0 Å². The minimum atomic E-state index is -0.970. The van der Waals surface area contributed by atoms with Gasteiger partial charge in [0.05, 0.1) is 29.6 Å². The molecule has 2 fully saturated rings. The number of pyridine rings is 2. The second-order valence-electron chi connectivity index (χ2n) is 14.4. The number of carbonyl (C=O) groups is 2. The molecule has 2 atom stereocenters. The number of carboxylic acids is 1. The summed E-state index contributed by atoms with van der Waals surface area (Å²) in [4.78, 5) is 36.0. The number of benzene rings is 2. The number of hydrogen-bond donors (Lipinski definition) is 3. The highest BCUT2D eigenvalue weighted by Crippen LogP contribution is 2.46. The number of rotatable bonds is 5. The Morgan fingerprint density at radius 1 is 0.796 bits per heavy atom. The molecule has 9 nitrogen and oxygen atoms in total. The molecule has 2 saturated heterocycles. The summed E-state index contributed by atoms with van der Waals surface area (Å²) in [6.07, 6.45) is 11.2. The molecule has 4 heterocycles. The number of piperidine rings is 2. The van der Waals surface area contributed by atoms with Crippen molar-refractivity contribution in [2.45, 2.75) is 44.3 Å². The summed E-state index contributed by atoms with van der Waals surface area (Å²) in [5.74, 6) is -0.413. The minimum absolute atomic E-state index is 0.00674. The first kappa shape index (κ1) is 38.0. The van der Waals surface area contributed by atoms with Crippen molar-refractivity contribution in [3.05, 3.63) is 128 Å². The molecule has 2 aromatic carbocycles. The van der Waals surface area contributed by atoms with Gasteiger partial charge in [0, 0.05) is 34.3 Å². The number of ether oxygens (including phenoxy) is 1. The van der Waals surface area contributed by atoms with Crippen LogP contribution >= 0.6 is 23.2 Å². The zero-order chi connectivity index (χ0) is 37.9. The summed E-state index contributed by atoms with van der Waals surface area (Å²) in [5, 5.41) is 24.3. The van der Waals surface area contributed by atoms with Gasteiger partial charge in [-0.25, -0.2) is 9.59 Å². The molecule has 2 unspecified atom stereocenters. The summed E-state index contributed by atoms with van der Waals surface area (Å²) >= 11 is 12.5. The lowest BCUT2D eigenvalue weighted by Gasteiger charge is -2.37. The van der Waals surface area contributed by atoms with Crippen molar-refractivity contribution >= 4 is 65.5 Å². The smallest absolute Gasteiger partial charge is 0.376 e. The second kappa shape index (κ2) is 16.6. The van der Waals surface area contributed by atoms with E-state index in [0.717, 1.165) is 91.1 Å². The monoisotopic (exact) mass is 764 g/mol. The van der Waals surface area contributed by atoms with Crippen molar-refractivity contribution in [2.75, 3.05) is 33.3 Å². The zero-order valence-corrected chi connectivity index (χ0v) is 31.9. The van der Waals surface area contributed by atoms with Gasteiger partial charge in [0.2, 0.25) is 0 Å². The van der Waals surface area contributed by atoms with E-state index in [1.165, 1.54) is 7.11 Å². The summed E-state index contributed by atoms with van der Waals surface area (Å²) in [6.45, 7) is 5.42. The lowest BCUT2D eigenvalue weighted by Crippen LogP contribution is -2.44. The fraction of sp³-hybridized carbons (Fsp3) is 0.333. The number of hydrogen-bond acceptors (Lipinski definition) is 8. The van der Waals surface area contributed by atoms with E-state index in [9.17, 15) is 19.7 Å². The van der Waals surface area contributed by atoms with Crippen LogP contribution in [0.3, 0.4) is 0 Å². The van der Waals surface area contributed by atoms with Crippen LogP contribution in [0.15, 0.2) is 73.1 Å². The Labute approximate surface area is 326 Å². The highest BCUT2D eigenvalue weighted by atomic mass is 35.5. The van der Waals surface area contributed by atoms with Crippen molar-refractivity contribution < 1.29 is 24.5 Å². The molecular formula is C42H43BCl2N4O5. The third-order valence-electron chi connectivity index (χ3n) is 11.3. The average Bonchev–Trinajstić information content (AvgIpc) is 3.42. The van der Waals surface area contributed by atoms with Gasteiger partial charge in [0.1, 0.15) is 0 Å². The summed E-state index contributed by atoms with van der Waals surface area (Å²) in [6, 6.07) is 19.0. The Morgan fingerprint density at radius 3 is 1.80 bits per heavy atom. The fourth-order valence-electron chi connectivity index (χ4n) is 8.66. The topological polar surface area (TPSA) is 125 Å². The third-order valence-corrected chi connectivity index (χ3v) is 11.7. The first-order chi connectivity index (χ1) is 26.1. The van der Waals surface area contributed by atoms with E-state index >= 15 is 0 Å². The largest absolute Gasteiger partial charge is 0.478 e. The van der Waals surface area contributed by atoms with Crippen molar-refractivity contribution in [2.24, 2.45) is 11.8 Å². The predicted octanol–water partition coefficient (Wildman–Crippen LogP) is 7.52. The summed E-state index contributed by atoms with van der Waals surface area (Å²) in [5.41, 5.74) is 8.14. The van der Waals surface area contributed by atoms with E-state index in [0.29, 0.717) is 33.0 Å². The highest BCUT2D eigenvalue weighted by molar-refractivity contribution is 6.45. The number of fused-ring (bicyclic) bond motifs is 4. The maximum absolute atomic E-state index is 12.5. The minimum Gasteiger partial charge on any atom is -0.478 e. The predicted molar refractivity (Wildman–Crippen MR) is 214 cm³/mol. The Balaban J connectivity index is 0.000000167. The standard InChI is InChI=1S/C21H22BClN2O3.C21H21ClN2O2/c1-22(28)25-9-6-13(7-10-25)19-16-5-4-15(23)12-17(16)18(21(26)27)11-14-3-2-8-24-20(14)19;1-26-21(25)18-11-14-3-2-8-24-20(14)19(13-6-9-23-10-7-13)16-5-4-15(22)12-17(16)18/h2-5,8,11-13,19,28H,6-7,9-10H2,1H3,(H,26,27);2-5,8,11-13,19,23H,6-7,9-10H2,1H3. The summed E-state index contributed by atoms with van der Waals surface area (Å²) < 4.78 is 5.06. The number of methoxy groups -OCH3 is 1. The van der Waals surface area contributed by atoms with Crippen LogP contribution in [-0.4, -0.2) is 77.2 Å². The molecule has 0 amide bonds. The van der Waals surface area contributed by atoms with Gasteiger partial charge in [-0.1, -0.05) is 47.5 Å². The van der Waals surface area contributed by atoms with Crippen LogP contribution in [0.2, 0.25) is 16.9 Å².